The van der Waals surface area contributed by atoms with Crippen LogP contribution in [-0.4, -0.2) is 46.9 Å². The summed E-state index contributed by atoms with van der Waals surface area (Å²) in [5.41, 5.74) is 3.89. The Kier molecular flexibility index (Phi) is 5.76. The number of hydrogen-bond donors (Lipinski definition) is 1. The molecule has 5 nitrogen and oxygen atoms in total. The van der Waals surface area contributed by atoms with E-state index >= 15 is 0 Å². The number of amides is 1. The van der Waals surface area contributed by atoms with Crippen LogP contribution in [0.25, 0.3) is 10.9 Å². The molecule has 5 heteroatoms. The van der Waals surface area contributed by atoms with Gasteiger partial charge < -0.3 is 9.88 Å². The normalized spacial score (nSPS) is 15.0. The third-order valence-electron chi connectivity index (χ3n) is 5.70. The lowest BCUT2D eigenvalue weighted by Crippen LogP contribution is -2.48. The second-order valence-corrected chi connectivity index (χ2v) is 7.85. The fourth-order valence-corrected chi connectivity index (χ4v) is 3.92. The van der Waals surface area contributed by atoms with Gasteiger partial charge in [-0.3, -0.25) is 14.5 Å². The zero-order valence-electron chi connectivity index (χ0n) is 16.9. The third-order valence-corrected chi connectivity index (χ3v) is 5.70. The average Bonchev–Trinajstić information content (AvgIpc) is 2.74. The van der Waals surface area contributed by atoms with Crippen LogP contribution >= 0.6 is 0 Å². The van der Waals surface area contributed by atoms with Gasteiger partial charge in [0, 0.05) is 50.2 Å². The molecule has 1 aromatic heterocycles. The maximum absolute atomic E-state index is 12.6. The molecule has 0 spiro atoms. The average molecular weight is 389 g/mol. The zero-order chi connectivity index (χ0) is 20.2. The minimum Gasteiger partial charge on any atom is -0.340 e. The van der Waals surface area contributed by atoms with Crippen molar-refractivity contribution in [3.63, 3.8) is 0 Å². The number of carbonyl (C=O) groups is 1. The first kappa shape index (κ1) is 19.4. The molecule has 0 aliphatic carbocycles. The van der Waals surface area contributed by atoms with Crippen LogP contribution in [0.4, 0.5) is 0 Å². The topological polar surface area (TPSA) is 56.4 Å². The van der Waals surface area contributed by atoms with Crippen molar-refractivity contribution in [2.24, 2.45) is 0 Å². The molecule has 2 aromatic carbocycles. The number of rotatable bonds is 5. The molecule has 4 rings (SSSR count). The number of hydrogen-bond acceptors (Lipinski definition) is 3. The van der Waals surface area contributed by atoms with E-state index in [9.17, 15) is 9.59 Å². The molecule has 0 unspecified atom stereocenters. The summed E-state index contributed by atoms with van der Waals surface area (Å²) in [6.07, 6.45) is 1.19. The van der Waals surface area contributed by atoms with E-state index < -0.39 is 0 Å². The maximum atomic E-state index is 12.6. The Labute approximate surface area is 171 Å². The first-order chi connectivity index (χ1) is 14.1. The monoisotopic (exact) mass is 389 g/mol. The van der Waals surface area contributed by atoms with E-state index in [-0.39, 0.29) is 11.5 Å². The number of aromatic nitrogens is 1. The SMILES string of the molecule is Cc1cc2ccc(CCC(=O)N3CCN(Cc4ccccc4)CC3)cc2[nH]c1=O. The van der Waals surface area contributed by atoms with Gasteiger partial charge in [0.1, 0.15) is 0 Å². The van der Waals surface area contributed by atoms with Gasteiger partial charge in [-0.2, -0.15) is 0 Å². The number of carbonyl (C=O) groups excluding carboxylic acids is 1. The van der Waals surface area contributed by atoms with Gasteiger partial charge in [-0.15, -0.1) is 0 Å². The molecule has 1 aliphatic rings. The second-order valence-electron chi connectivity index (χ2n) is 7.85. The van der Waals surface area contributed by atoms with Crippen molar-refractivity contribution in [1.82, 2.24) is 14.8 Å². The molecule has 1 fully saturated rings. The molecule has 1 amide bonds. The zero-order valence-corrected chi connectivity index (χ0v) is 16.9. The number of nitrogens with one attached hydrogen (secondary N) is 1. The first-order valence-electron chi connectivity index (χ1n) is 10.2. The number of aromatic amines is 1. The summed E-state index contributed by atoms with van der Waals surface area (Å²) in [6.45, 7) is 6.16. The van der Waals surface area contributed by atoms with Gasteiger partial charge in [0.15, 0.2) is 0 Å². The van der Waals surface area contributed by atoms with Gasteiger partial charge in [-0.1, -0.05) is 42.5 Å². The van der Waals surface area contributed by atoms with Gasteiger partial charge in [-0.05, 0) is 42.0 Å². The Hall–Kier alpha value is -2.92. The van der Waals surface area contributed by atoms with Crippen molar-refractivity contribution >= 4 is 16.8 Å². The Morgan fingerprint density at radius 1 is 0.966 bits per heavy atom. The molecule has 0 radical (unpaired) electrons. The standard InChI is InChI=1S/C24H27N3O2/c1-18-15-21-9-7-19(16-22(21)25-24(18)29)8-10-23(28)27-13-11-26(12-14-27)17-20-5-3-2-4-6-20/h2-7,9,15-16H,8,10-14,17H2,1H3,(H,25,29). The number of fused-ring (bicyclic) bond motifs is 1. The smallest absolute Gasteiger partial charge is 0.251 e. The fourth-order valence-electron chi connectivity index (χ4n) is 3.92. The van der Waals surface area contributed by atoms with Crippen molar-refractivity contribution < 1.29 is 4.79 Å². The second kappa shape index (κ2) is 8.62. The molecule has 150 valence electrons. The van der Waals surface area contributed by atoms with E-state index in [4.69, 9.17) is 0 Å². The van der Waals surface area contributed by atoms with Crippen LogP contribution in [-0.2, 0) is 17.8 Å². The molecule has 1 aliphatic heterocycles. The Morgan fingerprint density at radius 2 is 1.72 bits per heavy atom. The molecule has 1 N–H and O–H groups in total. The summed E-state index contributed by atoms with van der Waals surface area (Å²) in [6, 6.07) is 18.4. The number of H-pyrrole nitrogens is 1. The fraction of sp³-hybridized carbons (Fsp3) is 0.333. The highest BCUT2D eigenvalue weighted by atomic mass is 16.2. The van der Waals surface area contributed by atoms with Crippen LogP contribution in [0, 0.1) is 6.92 Å². The molecule has 2 heterocycles. The van der Waals surface area contributed by atoms with Crippen molar-refractivity contribution in [2.75, 3.05) is 26.2 Å². The quantitative estimate of drug-likeness (QED) is 0.730. The predicted octanol–water partition coefficient (Wildman–Crippen LogP) is 3.11. The summed E-state index contributed by atoms with van der Waals surface area (Å²) in [5.74, 6) is 0.210. The molecular weight excluding hydrogens is 362 g/mol. The van der Waals surface area contributed by atoms with Crippen molar-refractivity contribution in [1.29, 1.82) is 0 Å². The summed E-state index contributed by atoms with van der Waals surface area (Å²) < 4.78 is 0. The van der Waals surface area contributed by atoms with Gasteiger partial charge >= 0.3 is 0 Å². The lowest BCUT2D eigenvalue weighted by molar-refractivity contribution is -0.133. The number of pyridine rings is 1. The summed E-state index contributed by atoms with van der Waals surface area (Å²) in [4.78, 5) is 31.8. The van der Waals surface area contributed by atoms with Crippen LogP contribution in [0.3, 0.4) is 0 Å². The lowest BCUT2D eigenvalue weighted by Gasteiger charge is -2.34. The van der Waals surface area contributed by atoms with Crippen LogP contribution in [0.2, 0.25) is 0 Å². The van der Waals surface area contributed by atoms with Gasteiger partial charge in [0.2, 0.25) is 5.91 Å². The minimum atomic E-state index is -0.0564. The van der Waals surface area contributed by atoms with E-state index in [0.717, 1.165) is 49.2 Å². The summed E-state index contributed by atoms with van der Waals surface area (Å²) in [5, 5.41) is 1.02. The van der Waals surface area contributed by atoms with Crippen molar-refractivity contribution in [3.8, 4) is 0 Å². The van der Waals surface area contributed by atoms with E-state index in [1.54, 1.807) is 0 Å². The van der Waals surface area contributed by atoms with Crippen LogP contribution in [0.15, 0.2) is 59.4 Å². The van der Waals surface area contributed by atoms with Crippen molar-refractivity contribution in [3.05, 3.63) is 81.6 Å². The molecule has 29 heavy (non-hydrogen) atoms. The van der Waals surface area contributed by atoms with E-state index in [1.165, 1.54) is 5.56 Å². The van der Waals surface area contributed by atoms with Gasteiger partial charge in [-0.25, -0.2) is 0 Å². The molecule has 3 aromatic rings. The number of piperazine rings is 1. The van der Waals surface area contributed by atoms with E-state index in [1.807, 2.05) is 42.2 Å². The lowest BCUT2D eigenvalue weighted by atomic mass is 10.1. The molecule has 0 bridgehead atoms. The number of nitrogens with zero attached hydrogens (tertiary/aromatic N) is 2. The highest BCUT2D eigenvalue weighted by Gasteiger charge is 2.20. The van der Waals surface area contributed by atoms with E-state index in [2.05, 4.69) is 34.1 Å². The van der Waals surface area contributed by atoms with Gasteiger partial charge in [0.05, 0.1) is 0 Å². The third kappa shape index (κ3) is 4.74. The summed E-state index contributed by atoms with van der Waals surface area (Å²) >= 11 is 0. The molecular formula is C24H27N3O2. The molecule has 1 saturated heterocycles. The van der Waals surface area contributed by atoms with Crippen LogP contribution < -0.4 is 5.56 Å². The molecule has 0 atom stereocenters. The number of benzene rings is 2. The highest BCUT2D eigenvalue weighted by molar-refractivity contribution is 5.80. The Bertz CT molecular complexity index is 1050. The maximum Gasteiger partial charge on any atom is 0.251 e. The Balaban J connectivity index is 1.29. The van der Waals surface area contributed by atoms with Crippen LogP contribution in [0.5, 0.6) is 0 Å². The molecule has 0 saturated carbocycles. The van der Waals surface area contributed by atoms with Gasteiger partial charge in [0.25, 0.3) is 5.56 Å². The summed E-state index contributed by atoms with van der Waals surface area (Å²) in [7, 11) is 0. The Morgan fingerprint density at radius 3 is 2.48 bits per heavy atom. The largest absolute Gasteiger partial charge is 0.340 e. The minimum absolute atomic E-state index is 0.0564. The predicted molar refractivity (Wildman–Crippen MR) is 116 cm³/mol. The number of aryl methyl sites for hydroxylation is 2. The first-order valence-corrected chi connectivity index (χ1v) is 10.2. The highest BCUT2D eigenvalue weighted by Crippen LogP contribution is 2.16. The van der Waals surface area contributed by atoms with Crippen molar-refractivity contribution in [2.45, 2.75) is 26.3 Å². The van der Waals surface area contributed by atoms with Crippen LogP contribution in [0.1, 0.15) is 23.1 Å². The van der Waals surface area contributed by atoms with E-state index in [0.29, 0.717) is 18.4 Å².